The Balaban J connectivity index is 1.26. The molecule has 236 valence electrons. The summed E-state index contributed by atoms with van der Waals surface area (Å²) in [6.07, 6.45) is 1.46. The second-order valence-corrected chi connectivity index (χ2v) is 12.1. The lowest BCUT2D eigenvalue weighted by Crippen LogP contribution is -2.30. The molecule has 0 fully saturated rings. The molecular weight excluding hydrogens is 684 g/mol. The molecule has 47 heavy (non-hydrogen) atoms. The molecule has 1 aromatic heterocycles. The van der Waals surface area contributed by atoms with Crippen molar-refractivity contribution in [2.75, 3.05) is 16.4 Å². The molecule has 0 spiro atoms. The van der Waals surface area contributed by atoms with Crippen LogP contribution in [0.2, 0.25) is 0 Å². The predicted octanol–water partition coefficient (Wildman–Crippen LogP) is 8.07. The number of hydrogen-bond donors (Lipinski definition) is 3. The van der Waals surface area contributed by atoms with Crippen molar-refractivity contribution in [1.82, 2.24) is 5.32 Å². The van der Waals surface area contributed by atoms with Gasteiger partial charge in [0.25, 0.3) is 17.5 Å². The molecule has 4 aromatic carbocycles. The number of carbonyl (C=O) groups is 3. The van der Waals surface area contributed by atoms with E-state index < -0.39 is 16.7 Å². The van der Waals surface area contributed by atoms with Gasteiger partial charge in [0.2, 0.25) is 5.91 Å². The van der Waals surface area contributed by atoms with Crippen LogP contribution in [0.3, 0.4) is 0 Å². The van der Waals surface area contributed by atoms with Gasteiger partial charge in [0.1, 0.15) is 17.2 Å². The van der Waals surface area contributed by atoms with Crippen molar-refractivity contribution in [2.24, 2.45) is 0 Å². The lowest BCUT2D eigenvalue weighted by Gasteiger charge is -2.11. The molecule has 0 saturated heterocycles. The molecule has 0 unspecified atom stereocenters. The molecule has 5 aromatic rings. The number of halogens is 1. The van der Waals surface area contributed by atoms with Gasteiger partial charge in [0.05, 0.1) is 16.4 Å². The Morgan fingerprint density at radius 1 is 0.894 bits per heavy atom. The Hall–Kier alpha value is -5.46. The number of nitrogens with zero attached hydrogens (tertiary/aromatic N) is 1. The highest BCUT2D eigenvalue weighted by Gasteiger charge is 2.17. The van der Waals surface area contributed by atoms with Crippen LogP contribution in [0.15, 0.2) is 129 Å². The SMILES string of the molecule is Cc1ccc([N+](=O)[O-])cc1NC(=O)CSc1ccc(NC(=O)C(=Cc2ccc(-c3ccc(Br)cc3)o2)NC(=O)c2ccccc2)cc1. The lowest BCUT2D eigenvalue weighted by molar-refractivity contribution is -0.384. The maximum Gasteiger partial charge on any atom is 0.272 e. The molecule has 0 bridgehead atoms. The molecule has 3 N–H and O–H groups in total. The second-order valence-electron chi connectivity index (χ2n) is 10.2. The summed E-state index contributed by atoms with van der Waals surface area (Å²) in [5, 5.41) is 19.3. The largest absolute Gasteiger partial charge is 0.457 e. The number of nitro benzene ring substituents is 1. The molecule has 10 nitrogen and oxygen atoms in total. The van der Waals surface area contributed by atoms with Crippen LogP contribution in [0.25, 0.3) is 17.4 Å². The number of benzene rings is 4. The quantitative estimate of drug-likeness (QED) is 0.0544. The van der Waals surface area contributed by atoms with Crippen molar-refractivity contribution < 1.29 is 23.7 Å². The maximum absolute atomic E-state index is 13.4. The molecule has 1 heterocycles. The highest BCUT2D eigenvalue weighted by atomic mass is 79.9. The number of nitro groups is 1. The number of amides is 3. The van der Waals surface area contributed by atoms with E-state index in [0.29, 0.717) is 34.0 Å². The summed E-state index contributed by atoms with van der Waals surface area (Å²) >= 11 is 4.68. The van der Waals surface area contributed by atoms with Crippen molar-refractivity contribution in [3.05, 3.63) is 146 Å². The summed E-state index contributed by atoms with van der Waals surface area (Å²) < 4.78 is 6.89. The van der Waals surface area contributed by atoms with Crippen molar-refractivity contribution in [3.63, 3.8) is 0 Å². The molecule has 0 aliphatic carbocycles. The van der Waals surface area contributed by atoms with Crippen LogP contribution in [-0.2, 0) is 9.59 Å². The van der Waals surface area contributed by atoms with E-state index in [1.54, 1.807) is 79.7 Å². The standard InChI is InChI=1S/C35H27BrN4O6S/c1-22-7-14-27(40(44)45)19-30(22)38-33(41)21-47-29-16-12-26(13-17-29)37-35(43)31(39-34(42)24-5-3-2-4-6-24)20-28-15-18-32(46-28)23-8-10-25(36)11-9-23/h2-20H,21H2,1H3,(H,37,43)(H,38,41)(H,39,42). The van der Waals surface area contributed by atoms with Gasteiger partial charge in [0.15, 0.2) is 0 Å². The van der Waals surface area contributed by atoms with Crippen molar-refractivity contribution >= 4 is 68.6 Å². The van der Waals surface area contributed by atoms with Gasteiger partial charge < -0.3 is 20.4 Å². The Labute approximate surface area is 282 Å². The third kappa shape index (κ3) is 9.06. The van der Waals surface area contributed by atoms with Gasteiger partial charge in [-0.1, -0.05) is 52.3 Å². The molecule has 0 aliphatic heterocycles. The average Bonchev–Trinajstić information content (AvgIpc) is 3.54. The van der Waals surface area contributed by atoms with Crippen LogP contribution in [0, 0.1) is 17.0 Å². The fourth-order valence-corrected chi connectivity index (χ4v) is 5.27. The van der Waals surface area contributed by atoms with Gasteiger partial charge >= 0.3 is 0 Å². The smallest absolute Gasteiger partial charge is 0.272 e. The number of thioether (sulfide) groups is 1. The lowest BCUT2D eigenvalue weighted by atomic mass is 10.2. The van der Waals surface area contributed by atoms with Crippen LogP contribution in [-0.4, -0.2) is 28.4 Å². The first-order chi connectivity index (χ1) is 22.6. The topological polar surface area (TPSA) is 144 Å². The summed E-state index contributed by atoms with van der Waals surface area (Å²) in [5.41, 5.74) is 2.65. The summed E-state index contributed by atoms with van der Waals surface area (Å²) in [7, 11) is 0. The highest BCUT2D eigenvalue weighted by Crippen LogP contribution is 2.26. The van der Waals surface area contributed by atoms with Crippen LogP contribution < -0.4 is 16.0 Å². The average molecular weight is 712 g/mol. The number of nitrogens with one attached hydrogen (secondary N) is 3. The number of rotatable bonds is 11. The molecule has 0 radical (unpaired) electrons. The van der Waals surface area contributed by atoms with E-state index in [0.717, 1.165) is 14.9 Å². The monoisotopic (exact) mass is 710 g/mol. The van der Waals surface area contributed by atoms with Crippen molar-refractivity contribution in [1.29, 1.82) is 0 Å². The fourth-order valence-electron chi connectivity index (χ4n) is 4.31. The zero-order valence-corrected chi connectivity index (χ0v) is 27.3. The van der Waals surface area contributed by atoms with E-state index in [4.69, 9.17) is 4.42 Å². The number of furan rings is 1. The first kappa shape index (κ1) is 32.9. The van der Waals surface area contributed by atoms with E-state index in [1.165, 1.54) is 30.0 Å². The maximum atomic E-state index is 13.4. The minimum absolute atomic E-state index is 0.0258. The number of hydrogen-bond acceptors (Lipinski definition) is 7. The first-order valence-electron chi connectivity index (χ1n) is 14.2. The summed E-state index contributed by atoms with van der Waals surface area (Å²) in [6, 6.07) is 30.8. The van der Waals surface area contributed by atoms with E-state index in [-0.39, 0.29) is 23.0 Å². The highest BCUT2D eigenvalue weighted by molar-refractivity contribution is 9.10. The molecule has 0 aliphatic rings. The second kappa shape index (κ2) is 15.2. The Morgan fingerprint density at radius 2 is 1.62 bits per heavy atom. The molecule has 0 atom stereocenters. The van der Waals surface area contributed by atoms with Crippen molar-refractivity contribution in [2.45, 2.75) is 11.8 Å². The molecular formula is C35H27BrN4O6S. The van der Waals surface area contributed by atoms with E-state index >= 15 is 0 Å². The van der Waals surface area contributed by atoms with Gasteiger partial charge in [-0.15, -0.1) is 11.8 Å². The zero-order chi connectivity index (χ0) is 33.3. The predicted molar refractivity (Wildman–Crippen MR) is 186 cm³/mol. The number of non-ortho nitro benzene ring substituents is 1. The number of anilines is 2. The summed E-state index contributed by atoms with van der Waals surface area (Å²) in [6.45, 7) is 1.75. The van der Waals surface area contributed by atoms with E-state index in [2.05, 4.69) is 31.9 Å². The third-order valence-electron chi connectivity index (χ3n) is 6.76. The number of aryl methyl sites for hydroxylation is 1. The van der Waals surface area contributed by atoms with Crippen LogP contribution in [0.4, 0.5) is 17.1 Å². The first-order valence-corrected chi connectivity index (χ1v) is 16.0. The Kier molecular flexibility index (Phi) is 10.7. The Bertz CT molecular complexity index is 1960. The van der Waals surface area contributed by atoms with Gasteiger partial charge in [-0.2, -0.15) is 0 Å². The summed E-state index contributed by atoms with van der Waals surface area (Å²) in [5.74, 6) is -0.315. The minimum Gasteiger partial charge on any atom is -0.457 e. The van der Waals surface area contributed by atoms with Gasteiger partial charge in [-0.05, 0) is 73.2 Å². The van der Waals surface area contributed by atoms with E-state index in [1.807, 2.05) is 24.3 Å². The normalized spacial score (nSPS) is 11.1. The van der Waals surface area contributed by atoms with Crippen molar-refractivity contribution in [3.8, 4) is 11.3 Å². The third-order valence-corrected chi connectivity index (χ3v) is 8.30. The molecule has 5 rings (SSSR count). The van der Waals surface area contributed by atoms with Gasteiger partial charge in [-0.25, -0.2) is 0 Å². The Morgan fingerprint density at radius 3 is 2.32 bits per heavy atom. The molecule has 3 amide bonds. The molecule has 0 saturated carbocycles. The van der Waals surface area contributed by atoms with Gasteiger partial charge in [-0.3, -0.25) is 24.5 Å². The van der Waals surface area contributed by atoms with Gasteiger partial charge in [0, 0.05) is 44.4 Å². The van der Waals surface area contributed by atoms with Crippen LogP contribution in [0.1, 0.15) is 21.7 Å². The summed E-state index contributed by atoms with van der Waals surface area (Å²) in [4.78, 5) is 50.3. The van der Waals surface area contributed by atoms with E-state index in [9.17, 15) is 24.5 Å². The van der Waals surface area contributed by atoms with Crippen LogP contribution >= 0.6 is 27.7 Å². The zero-order valence-electron chi connectivity index (χ0n) is 24.9. The minimum atomic E-state index is -0.567. The fraction of sp³-hybridized carbons (Fsp3) is 0.0571. The number of carbonyl (C=O) groups excluding carboxylic acids is 3. The van der Waals surface area contributed by atoms with Crippen LogP contribution in [0.5, 0.6) is 0 Å². The molecule has 12 heteroatoms.